The largest absolute Gasteiger partial charge is 0.464 e. The Morgan fingerprint density at radius 2 is 0.825 bits per heavy atom. The Bertz CT molecular complexity index is 617. The molecule has 0 aromatic rings. The van der Waals surface area contributed by atoms with Crippen molar-refractivity contribution in [1.82, 2.24) is 4.90 Å². The van der Waals surface area contributed by atoms with Gasteiger partial charge in [-0.25, -0.2) is 0 Å². The number of esters is 2. The fraction of sp³-hybridized carbons (Fsp3) is 0.879. The predicted octanol–water partition coefficient (Wildman–Crippen LogP) is 8.11. The summed E-state index contributed by atoms with van der Waals surface area (Å²) in [6.45, 7) is 7.08. The van der Waals surface area contributed by atoms with Gasteiger partial charge in [-0.15, -0.1) is 0 Å². The van der Waals surface area contributed by atoms with Gasteiger partial charge in [0.15, 0.2) is 0 Å². The minimum Gasteiger partial charge on any atom is -0.464 e. The zero-order chi connectivity index (χ0) is 29.7. The normalized spacial score (nSPS) is 10.9. The summed E-state index contributed by atoms with van der Waals surface area (Å²) in [7, 11) is 0. The molecule has 40 heavy (non-hydrogen) atoms. The summed E-state index contributed by atoms with van der Waals surface area (Å²) in [5.74, 6) is -0.875. The first-order chi connectivity index (χ1) is 19.4. The second-order valence-electron chi connectivity index (χ2n) is 11.1. The number of hydrogen-bond donors (Lipinski definition) is 0. The van der Waals surface area contributed by atoms with E-state index in [9.17, 15) is 19.2 Å². The highest BCUT2D eigenvalue weighted by Gasteiger charge is 2.18. The molecule has 0 unspecified atom stereocenters. The average molecular weight is 568 g/mol. The Hall–Kier alpha value is -1.92. The number of carbonyl (C=O) groups is 4. The lowest BCUT2D eigenvalue weighted by Crippen LogP contribution is -2.38. The number of hydrogen-bond acceptors (Lipinski definition) is 6. The van der Waals surface area contributed by atoms with E-state index in [1.54, 1.807) is 0 Å². The first kappa shape index (κ1) is 38.1. The van der Waals surface area contributed by atoms with Crippen molar-refractivity contribution in [3.05, 3.63) is 0 Å². The third-order valence-corrected chi connectivity index (χ3v) is 7.23. The van der Waals surface area contributed by atoms with Gasteiger partial charge in [0.1, 0.15) is 19.0 Å². The van der Waals surface area contributed by atoms with Crippen LogP contribution in [-0.2, 0) is 28.7 Å². The van der Waals surface area contributed by atoms with Crippen LogP contribution in [0, 0.1) is 0 Å². The van der Waals surface area contributed by atoms with E-state index < -0.39 is 0 Å². The Balaban J connectivity index is 4.50. The van der Waals surface area contributed by atoms with Gasteiger partial charge in [-0.1, -0.05) is 117 Å². The zero-order valence-electron chi connectivity index (χ0n) is 26.3. The van der Waals surface area contributed by atoms with Crippen molar-refractivity contribution < 1.29 is 28.7 Å². The fourth-order valence-electron chi connectivity index (χ4n) is 4.62. The molecule has 0 aliphatic rings. The van der Waals surface area contributed by atoms with Crippen LogP contribution in [0.1, 0.15) is 162 Å². The summed E-state index contributed by atoms with van der Waals surface area (Å²) < 4.78 is 10.7. The third kappa shape index (κ3) is 25.1. The highest BCUT2D eigenvalue weighted by atomic mass is 16.5. The molecule has 0 radical (unpaired) electrons. The minimum absolute atomic E-state index is 0.0642. The first-order valence-corrected chi connectivity index (χ1v) is 16.5. The maximum atomic E-state index is 12.9. The highest BCUT2D eigenvalue weighted by molar-refractivity contribution is 5.98. The van der Waals surface area contributed by atoms with Crippen molar-refractivity contribution >= 4 is 23.6 Å². The van der Waals surface area contributed by atoms with Crippen LogP contribution in [0.3, 0.4) is 0 Å². The first-order valence-electron chi connectivity index (χ1n) is 16.5. The quantitative estimate of drug-likeness (QED) is 0.0515. The molecule has 0 N–H and O–H groups in total. The lowest BCUT2D eigenvalue weighted by molar-refractivity contribution is -0.148. The molecule has 0 saturated carbocycles. The fourth-order valence-corrected chi connectivity index (χ4v) is 4.62. The topological polar surface area (TPSA) is 90.0 Å². The SMILES string of the molecule is CCCCCCCCC(=O)CC(=O)N(CCOC(=O)CCCCCCCC)CCOC(=O)CCCCCCCC. The van der Waals surface area contributed by atoms with Crippen LogP contribution in [0.25, 0.3) is 0 Å². The van der Waals surface area contributed by atoms with Crippen molar-refractivity contribution in [1.29, 1.82) is 0 Å². The van der Waals surface area contributed by atoms with E-state index in [4.69, 9.17) is 9.47 Å². The maximum Gasteiger partial charge on any atom is 0.305 e. The number of ketones is 1. The van der Waals surface area contributed by atoms with E-state index in [0.717, 1.165) is 57.8 Å². The second-order valence-corrected chi connectivity index (χ2v) is 11.1. The molecule has 0 saturated heterocycles. The molecule has 0 heterocycles. The van der Waals surface area contributed by atoms with E-state index in [2.05, 4.69) is 20.8 Å². The number of nitrogens with zero attached hydrogens (tertiary/aromatic N) is 1. The van der Waals surface area contributed by atoms with Crippen LogP contribution in [0.15, 0.2) is 0 Å². The Labute approximate surface area is 245 Å². The van der Waals surface area contributed by atoms with Crippen LogP contribution in [0.4, 0.5) is 0 Å². The van der Waals surface area contributed by atoms with Crippen LogP contribution in [0.5, 0.6) is 0 Å². The summed E-state index contributed by atoms with van der Waals surface area (Å²) in [6, 6.07) is 0. The number of carbonyl (C=O) groups excluding carboxylic acids is 4. The van der Waals surface area contributed by atoms with E-state index in [1.165, 1.54) is 62.7 Å². The number of amides is 1. The lowest BCUT2D eigenvalue weighted by atomic mass is 10.1. The van der Waals surface area contributed by atoms with Crippen molar-refractivity contribution in [2.45, 2.75) is 162 Å². The zero-order valence-corrected chi connectivity index (χ0v) is 26.3. The van der Waals surface area contributed by atoms with Gasteiger partial charge in [0.25, 0.3) is 0 Å². The van der Waals surface area contributed by atoms with E-state index >= 15 is 0 Å². The molecule has 0 rings (SSSR count). The minimum atomic E-state index is -0.296. The molecule has 0 bridgehead atoms. The standard InChI is InChI=1S/C33H61NO6/c1-4-7-10-13-16-19-22-30(35)29-31(36)34(25-27-39-32(37)23-20-17-14-11-8-5-2)26-28-40-33(38)24-21-18-15-12-9-6-3/h4-29H2,1-3H3. The Morgan fingerprint density at radius 3 is 1.23 bits per heavy atom. The van der Waals surface area contributed by atoms with Gasteiger partial charge >= 0.3 is 11.9 Å². The van der Waals surface area contributed by atoms with Crippen molar-refractivity contribution in [2.24, 2.45) is 0 Å². The Morgan fingerprint density at radius 1 is 0.475 bits per heavy atom. The molecule has 0 spiro atoms. The van der Waals surface area contributed by atoms with Gasteiger partial charge in [-0.2, -0.15) is 0 Å². The summed E-state index contributed by atoms with van der Waals surface area (Å²) in [5, 5.41) is 0. The summed E-state index contributed by atoms with van der Waals surface area (Å²) in [5.41, 5.74) is 0. The molecule has 1 amide bonds. The monoisotopic (exact) mass is 567 g/mol. The van der Waals surface area contributed by atoms with Crippen LogP contribution in [-0.4, -0.2) is 54.8 Å². The number of ether oxygens (including phenoxy) is 2. The smallest absolute Gasteiger partial charge is 0.305 e. The molecule has 0 aliphatic carbocycles. The van der Waals surface area contributed by atoms with Crippen LogP contribution >= 0.6 is 0 Å². The molecule has 0 fully saturated rings. The third-order valence-electron chi connectivity index (χ3n) is 7.23. The molecular formula is C33H61NO6. The van der Waals surface area contributed by atoms with Crippen molar-refractivity contribution in [3.8, 4) is 0 Å². The summed E-state index contributed by atoms with van der Waals surface area (Å²) in [6.07, 6.45) is 20.7. The lowest BCUT2D eigenvalue weighted by Gasteiger charge is -2.22. The molecule has 7 heteroatoms. The second kappa shape index (κ2) is 28.6. The van der Waals surface area contributed by atoms with E-state index in [1.807, 2.05) is 0 Å². The molecule has 234 valence electrons. The van der Waals surface area contributed by atoms with Crippen LogP contribution < -0.4 is 0 Å². The van der Waals surface area contributed by atoms with E-state index in [0.29, 0.717) is 19.3 Å². The molecular weight excluding hydrogens is 506 g/mol. The van der Waals surface area contributed by atoms with Crippen LogP contribution in [0.2, 0.25) is 0 Å². The van der Waals surface area contributed by atoms with Gasteiger partial charge in [-0.3, -0.25) is 19.2 Å². The maximum absolute atomic E-state index is 12.9. The number of rotatable bonds is 29. The van der Waals surface area contributed by atoms with Gasteiger partial charge in [0, 0.05) is 19.3 Å². The Kier molecular flexibility index (Phi) is 27.2. The highest BCUT2D eigenvalue weighted by Crippen LogP contribution is 2.11. The van der Waals surface area contributed by atoms with Gasteiger partial charge < -0.3 is 14.4 Å². The van der Waals surface area contributed by atoms with Crippen molar-refractivity contribution in [2.75, 3.05) is 26.3 Å². The molecule has 0 atom stereocenters. The van der Waals surface area contributed by atoms with Gasteiger partial charge in [0.2, 0.25) is 5.91 Å². The molecule has 0 aromatic carbocycles. The average Bonchev–Trinajstić information content (AvgIpc) is 2.93. The number of unbranched alkanes of at least 4 members (excludes halogenated alkanes) is 15. The molecule has 0 aromatic heterocycles. The molecule has 7 nitrogen and oxygen atoms in total. The van der Waals surface area contributed by atoms with Crippen molar-refractivity contribution in [3.63, 3.8) is 0 Å². The summed E-state index contributed by atoms with van der Waals surface area (Å²) in [4.78, 5) is 51.0. The van der Waals surface area contributed by atoms with E-state index in [-0.39, 0.29) is 56.4 Å². The number of Topliss-reactive ketones (excluding diaryl/α,β-unsaturated/α-hetero) is 1. The van der Waals surface area contributed by atoms with Gasteiger partial charge in [0.05, 0.1) is 19.5 Å². The van der Waals surface area contributed by atoms with Gasteiger partial charge in [-0.05, 0) is 19.3 Å². The summed E-state index contributed by atoms with van der Waals surface area (Å²) >= 11 is 0. The molecule has 0 aliphatic heterocycles. The predicted molar refractivity (Wildman–Crippen MR) is 162 cm³/mol.